The zero-order valence-corrected chi connectivity index (χ0v) is 10.0. The summed E-state index contributed by atoms with van der Waals surface area (Å²) in [6.45, 7) is 7.06. The molecule has 0 aromatic heterocycles. The van der Waals surface area contributed by atoms with E-state index in [9.17, 15) is 0 Å². The van der Waals surface area contributed by atoms with E-state index in [0.717, 1.165) is 50.2 Å². The molecule has 2 rings (SSSR count). The van der Waals surface area contributed by atoms with Crippen LogP contribution in [-0.2, 0) is 18.6 Å². The van der Waals surface area contributed by atoms with Crippen molar-refractivity contribution in [2.75, 3.05) is 26.4 Å². The van der Waals surface area contributed by atoms with E-state index in [4.69, 9.17) is 18.6 Å². The van der Waals surface area contributed by atoms with E-state index in [0.29, 0.717) is 0 Å². The average Bonchev–Trinajstić information content (AvgIpc) is 2.31. The van der Waals surface area contributed by atoms with E-state index in [1.165, 1.54) is 0 Å². The molecule has 2 heterocycles. The molecule has 4 nitrogen and oxygen atoms in total. The second-order valence-electron chi connectivity index (χ2n) is 4.31. The maximum absolute atomic E-state index is 5.61. The van der Waals surface area contributed by atoms with Crippen molar-refractivity contribution >= 4 is 14.2 Å². The highest BCUT2D eigenvalue weighted by Crippen LogP contribution is 2.20. The lowest BCUT2D eigenvalue weighted by Gasteiger charge is -2.28. The van der Waals surface area contributed by atoms with Crippen molar-refractivity contribution in [1.82, 2.24) is 0 Å². The molecule has 0 N–H and O–H groups in total. The first-order valence-electron chi connectivity index (χ1n) is 5.92. The first kappa shape index (κ1) is 12.2. The van der Waals surface area contributed by atoms with Gasteiger partial charge in [0.1, 0.15) is 0 Å². The van der Waals surface area contributed by atoms with Crippen molar-refractivity contribution in [3.05, 3.63) is 10.9 Å². The summed E-state index contributed by atoms with van der Waals surface area (Å²) in [7, 11) is -0.580. The Kier molecular flexibility index (Phi) is 4.46. The van der Waals surface area contributed by atoms with Gasteiger partial charge in [0.25, 0.3) is 0 Å². The quantitative estimate of drug-likeness (QED) is 0.661. The third-order valence-electron chi connectivity index (χ3n) is 2.74. The van der Waals surface area contributed by atoms with Gasteiger partial charge in [0.15, 0.2) is 0 Å². The van der Waals surface area contributed by atoms with Gasteiger partial charge in [0.2, 0.25) is 0 Å². The van der Waals surface area contributed by atoms with Crippen LogP contribution in [0.15, 0.2) is 10.9 Å². The van der Waals surface area contributed by atoms with Gasteiger partial charge in [-0.05, 0) is 32.1 Å². The highest BCUT2D eigenvalue weighted by atomic mass is 16.6. The Morgan fingerprint density at radius 2 is 1.12 bits per heavy atom. The van der Waals surface area contributed by atoms with Crippen molar-refractivity contribution < 1.29 is 18.6 Å². The van der Waals surface area contributed by atoms with Crippen LogP contribution in [0.1, 0.15) is 26.7 Å². The lowest BCUT2D eigenvalue weighted by molar-refractivity contribution is 0.127. The summed E-state index contributed by atoms with van der Waals surface area (Å²) in [4.78, 5) is 0. The van der Waals surface area contributed by atoms with E-state index >= 15 is 0 Å². The molecule has 0 aromatic carbocycles. The first-order valence-corrected chi connectivity index (χ1v) is 5.92. The third kappa shape index (κ3) is 2.88. The maximum Gasteiger partial charge on any atom is 0.485 e. The van der Waals surface area contributed by atoms with Crippen LogP contribution in [0.25, 0.3) is 0 Å². The standard InChI is InChI=1S/C10H18B2O4/c1-9(2)10(11-13-5-3-6-14-11)12-15-7-4-8-16-12/h3-8H2,1-2H3. The monoisotopic (exact) mass is 224 g/mol. The normalized spacial score (nSPS) is 22.1. The van der Waals surface area contributed by atoms with Crippen LogP contribution in [-0.4, -0.2) is 40.7 Å². The molecule has 2 saturated heterocycles. The van der Waals surface area contributed by atoms with E-state index in [2.05, 4.69) is 0 Å². The molecule has 0 atom stereocenters. The predicted molar refractivity (Wildman–Crippen MR) is 62.9 cm³/mol. The van der Waals surface area contributed by atoms with Gasteiger partial charge in [-0.15, -0.1) is 0 Å². The molecule has 88 valence electrons. The Hall–Kier alpha value is -0.290. The summed E-state index contributed by atoms with van der Waals surface area (Å²) in [6.07, 6.45) is 1.91. The van der Waals surface area contributed by atoms with Gasteiger partial charge in [-0.3, -0.25) is 0 Å². The molecule has 0 spiro atoms. The molecule has 2 aliphatic heterocycles. The van der Waals surface area contributed by atoms with Crippen LogP contribution >= 0.6 is 0 Å². The molecule has 0 bridgehead atoms. The smallest absolute Gasteiger partial charge is 0.408 e. The number of allylic oxidation sites excluding steroid dienone is 1. The van der Waals surface area contributed by atoms with Gasteiger partial charge < -0.3 is 18.6 Å². The van der Waals surface area contributed by atoms with E-state index in [1.54, 1.807) is 0 Å². The molecule has 16 heavy (non-hydrogen) atoms. The topological polar surface area (TPSA) is 36.9 Å². The summed E-state index contributed by atoms with van der Waals surface area (Å²) in [5.74, 6) is 0. The fourth-order valence-corrected chi connectivity index (χ4v) is 1.92. The first-order chi connectivity index (χ1) is 7.79. The number of rotatable bonds is 2. The Bertz CT molecular complexity index is 234. The highest BCUT2D eigenvalue weighted by Gasteiger charge is 2.39. The van der Waals surface area contributed by atoms with E-state index in [1.807, 2.05) is 13.8 Å². The zero-order valence-electron chi connectivity index (χ0n) is 10.0. The largest absolute Gasteiger partial charge is 0.485 e. The molecule has 0 aliphatic carbocycles. The van der Waals surface area contributed by atoms with Crippen molar-refractivity contribution in [2.45, 2.75) is 26.7 Å². The molecule has 0 radical (unpaired) electrons. The van der Waals surface area contributed by atoms with Gasteiger partial charge in [0.05, 0.1) is 0 Å². The Balaban J connectivity index is 2.06. The molecule has 6 heteroatoms. The lowest BCUT2D eigenvalue weighted by Crippen LogP contribution is -2.43. The van der Waals surface area contributed by atoms with Crippen LogP contribution in [0, 0.1) is 0 Å². The molecule has 0 saturated carbocycles. The van der Waals surface area contributed by atoms with Crippen LogP contribution < -0.4 is 0 Å². The van der Waals surface area contributed by atoms with Crippen molar-refractivity contribution in [1.29, 1.82) is 0 Å². The second-order valence-corrected chi connectivity index (χ2v) is 4.31. The summed E-state index contributed by atoms with van der Waals surface area (Å²) in [5, 5.41) is 0.999. The Labute approximate surface area is 97.6 Å². The second kappa shape index (κ2) is 5.87. The summed E-state index contributed by atoms with van der Waals surface area (Å²) in [6, 6.07) is 0. The molecule has 2 fully saturated rings. The third-order valence-corrected chi connectivity index (χ3v) is 2.74. The summed E-state index contributed by atoms with van der Waals surface area (Å²) < 4.78 is 22.5. The highest BCUT2D eigenvalue weighted by molar-refractivity contribution is 6.78. The van der Waals surface area contributed by atoms with Crippen LogP contribution in [0.4, 0.5) is 0 Å². The van der Waals surface area contributed by atoms with Crippen LogP contribution in [0.2, 0.25) is 0 Å². The minimum Gasteiger partial charge on any atom is -0.408 e. The SMILES string of the molecule is CC(C)=C(B1OCCCO1)B1OCCCO1. The predicted octanol–water partition coefficient (Wildman–Crippen LogP) is 1.25. The fourth-order valence-electron chi connectivity index (χ4n) is 1.92. The molecule has 2 aliphatic rings. The molecular weight excluding hydrogens is 206 g/mol. The minimum absolute atomic E-state index is 0.290. The minimum atomic E-state index is -0.290. The van der Waals surface area contributed by atoms with Crippen LogP contribution in [0.3, 0.4) is 0 Å². The van der Waals surface area contributed by atoms with Crippen molar-refractivity contribution in [3.63, 3.8) is 0 Å². The van der Waals surface area contributed by atoms with Crippen molar-refractivity contribution in [3.8, 4) is 0 Å². The van der Waals surface area contributed by atoms with Gasteiger partial charge in [-0.2, -0.15) is 0 Å². The summed E-state index contributed by atoms with van der Waals surface area (Å²) in [5.41, 5.74) is 1.15. The zero-order chi connectivity index (χ0) is 11.4. The van der Waals surface area contributed by atoms with Crippen molar-refractivity contribution in [2.24, 2.45) is 0 Å². The maximum atomic E-state index is 5.61. The van der Waals surface area contributed by atoms with E-state index in [-0.39, 0.29) is 14.2 Å². The average molecular weight is 224 g/mol. The van der Waals surface area contributed by atoms with E-state index < -0.39 is 0 Å². The summed E-state index contributed by atoms with van der Waals surface area (Å²) >= 11 is 0. The van der Waals surface area contributed by atoms with Gasteiger partial charge >= 0.3 is 14.2 Å². The molecule has 0 aromatic rings. The van der Waals surface area contributed by atoms with Gasteiger partial charge in [0, 0.05) is 26.4 Å². The molecular formula is C10H18B2O4. The lowest BCUT2D eigenvalue weighted by atomic mass is 9.55. The fraction of sp³-hybridized carbons (Fsp3) is 0.800. The Morgan fingerprint density at radius 1 is 0.750 bits per heavy atom. The van der Waals surface area contributed by atoms with Crippen LogP contribution in [0.5, 0.6) is 0 Å². The molecule has 0 unspecified atom stereocenters. The number of hydrogen-bond donors (Lipinski definition) is 0. The molecule has 0 amide bonds. The Morgan fingerprint density at radius 3 is 1.44 bits per heavy atom. The van der Waals surface area contributed by atoms with Gasteiger partial charge in [-0.1, -0.05) is 5.57 Å². The number of hydrogen-bond acceptors (Lipinski definition) is 4. The van der Waals surface area contributed by atoms with Gasteiger partial charge in [-0.25, -0.2) is 0 Å².